The summed E-state index contributed by atoms with van der Waals surface area (Å²) in [6.45, 7) is 0. The molecule has 0 saturated carbocycles. The van der Waals surface area contributed by atoms with Crippen molar-refractivity contribution < 1.29 is 4.39 Å². The fraction of sp³-hybridized carbons (Fsp3) is 0. The number of thiophene rings is 1. The van der Waals surface area contributed by atoms with Crippen LogP contribution in [-0.4, -0.2) is 0 Å². The zero-order chi connectivity index (χ0) is 11.7. The van der Waals surface area contributed by atoms with E-state index in [2.05, 4.69) is 15.9 Å². The average Bonchev–Trinajstić information content (AvgIpc) is 2.59. The highest BCUT2D eigenvalue weighted by atomic mass is 79.9. The molecule has 0 atom stereocenters. The molecule has 0 radical (unpaired) electrons. The quantitative estimate of drug-likeness (QED) is 0.871. The highest BCUT2D eigenvalue weighted by molar-refractivity contribution is 9.10. The van der Waals surface area contributed by atoms with Crippen LogP contribution in [-0.2, 0) is 0 Å². The van der Waals surface area contributed by atoms with E-state index in [-0.39, 0.29) is 5.82 Å². The second kappa shape index (κ2) is 4.24. The molecular formula is C11H6BrFN2S. The molecule has 0 bridgehead atoms. The monoisotopic (exact) mass is 296 g/mol. The predicted molar refractivity (Wildman–Crippen MR) is 66.5 cm³/mol. The highest BCUT2D eigenvalue weighted by Crippen LogP contribution is 2.34. The average molecular weight is 297 g/mol. The van der Waals surface area contributed by atoms with Crippen molar-refractivity contribution in [3.05, 3.63) is 39.4 Å². The Balaban J connectivity index is 2.55. The van der Waals surface area contributed by atoms with Gasteiger partial charge in [-0.05, 0) is 24.3 Å². The van der Waals surface area contributed by atoms with E-state index >= 15 is 0 Å². The third kappa shape index (κ3) is 1.94. The van der Waals surface area contributed by atoms with E-state index in [1.807, 2.05) is 6.07 Å². The molecule has 1 heterocycles. The third-order valence-corrected chi connectivity index (χ3v) is 3.64. The van der Waals surface area contributed by atoms with Crippen LogP contribution in [0.4, 0.5) is 10.1 Å². The van der Waals surface area contributed by atoms with Gasteiger partial charge >= 0.3 is 0 Å². The number of benzene rings is 1. The summed E-state index contributed by atoms with van der Waals surface area (Å²) in [7, 11) is 0. The fourth-order valence-electron chi connectivity index (χ4n) is 1.31. The van der Waals surface area contributed by atoms with E-state index in [1.165, 1.54) is 17.4 Å². The second-order valence-electron chi connectivity index (χ2n) is 3.13. The van der Waals surface area contributed by atoms with Gasteiger partial charge in [0.2, 0.25) is 0 Å². The second-order valence-corrected chi connectivity index (χ2v) is 5.10. The van der Waals surface area contributed by atoms with Crippen molar-refractivity contribution in [3.63, 3.8) is 0 Å². The van der Waals surface area contributed by atoms with Crippen molar-refractivity contribution in [2.45, 2.75) is 0 Å². The summed E-state index contributed by atoms with van der Waals surface area (Å²) in [4.78, 5) is 1.08. The van der Waals surface area contributed by atoms with Crippen LogP contribution in [0.15, 0.2) is 28.7 Å². The number of hydrogen-bond donors (Lipinski definition) is 1. The largest absolute Gasteiger partial charge is 0.397 e. The molecule has 0 amide bonds. The summed E-state index contributed by atoms with van der Waals surface area (Å²) >= 11 is 4.38. The van der Waals surface area contributed by atoms with Crippen LogP contribution >= 0.6 is 27.3 Å². The molecule has 1 aromatic carbocycles. The first-order valence-corrected chi connectivity index (χ1v) is 5.97. The van der Waals surface area contributed by atoms with E-state index in [1.54, 1.807) is 18.2 Å². The number of hydrogen-bond acceptors (Lipinski definition) is 3. The lowest BCUT2D eigenvalue weighted by Crippen LogP contribution is -1.82. The van der Waals surface area contributed by atoms with Gasteiger partial charge in [-0.2, -0.15) is 5.26 Å². The number of nitrogens with two attached hydrogens (primary N) is 1. The van der Waals surface area contributed by atoms with Gasteiger partial charge in [-0.25, -0.2) is 4.39 Å². The number of nitrogen functional groups attached to an aromatic ring is 1. The maximum Gasteiger partial charge on any atom is 0.132 e. The molecule has 0 aliphatic carbocycles. The van der Waals surface area contributed by atoms with Crippen molar-refractivity contribution in [1.82, 2.24) is 0 Å². The smallest absolute Gasteiger partial charge is 0.132 e. The van der Waals surface area contributed by atoms with Crippen LogP contribution in [0.3, 0.4) is 0 Å². The summed E-state index contributed by atoms with van der Waals surface area (Å²) in [5.41, 5.74) is 6.48. The molecule has 5 heteroatoms. The minimum absolute atomic E-state index is 0.333. The van der Waals surface area contributed by atoms with Gasteiger partial charge in [0.1, 0.15) is 16.8 Å². The lowest BCUT2D eigenvalue weighted by Gasteiger charge is -1.99. The maximum atomic E-state index is 13.6. The van der Waals surface area contributed by atoms with Crippen LogP contribution in [0.2, 0.25) is 0 Å². The molecule has 0 spiro atoms. The zero-order valence-electron chi connectivity index (χ0n) is 8.00. The van der Waals surface area contributed by atoms with Crippen molar-refractivity contribution >= 4 is 33.0 Å². The molecule has 0 fully saturated rings. The summed E-state index contributed by atoms with van der Waals surface area (Å²) in [5, 5.41) is 8.77. The summed E-state index contributed by atoms with van der Waals surface area (Å²) in [6.07, 6.45) is 0. The number of rotatable bonds is 1. The number of nitriles is 1. The van der Waals surface area contributed by atoms with Gasteiger partial charge in [-0.3, -0.25) is 0 Å². The Kier molecular flexibility index (Phi) is 2.95. The molecular weight excluding hydrogens is 291 g/mol. The standard InChI is InChI=1S/C11H6BrFN2S/c12-6-1-2-7(8(13)3-6)10-4-9(15)11(5-14)16-10/h1-4H,15H2. The number of anilines is 1. The first-order valence-electron chi connectivity index (χ1n) is 4.36. The van der Waals surface area contributed by atoms with Crippen LogP contribution in [0, 0.1) is 17.1 Å². The topological polar surface area (TPSA) is 49.8 Å². The van der Waals surface area contributed by atoms with Crippen LogP contribution in [0.25, 0.3) is 10.4 Å². The molecule has 2 nitrogen and oxygen atoms in total. The lowest BCUT2D eigenvalue weighted by molar-refractivity contribution is 0.631. The molecule has 0 saturated heterocycles. The predicted octanol–water partition coefficient (Wildman–Crippen LogP) is 3.77. The van der Waals surface area contributed by atoms with Crippen molar-refractivity contribution in [2.24, 2.45) is 0 Å². The lowest BCUT2D eigenvalue weighted by atomic mass is 10.2. The Hall–Kier alpha value is -1.38. The van der Waals surface area contributed by atoms with Crippen LogP contribution < -0.4 is 5.73 Å². The van der Waals surface area contributed by atoms with Crippen molar-refractivity contribution in [1.29, 1.82) is 5.26 Å². The summed E-state index contributed by atoms with van der Waals surface area (Å²) in [5.74, 6) is -0.333. The first kappa shape index (κ1) is 11.1. The Morgan fingerprint density at radius 2 is 2.12 bits per heavy atom. The Bertz CT molecular complexity index is 586. The molecule has 80 valence electrons. The van der Waals surface area contributed by atoms with E-state index in [0.717, 1.165) is 0 Å². The minimum atomic E-state index is -0.333. The molecule has 0 aliphatic heterocycles. The van der Waals surface area contributed by atoms with Gasteiger partial charge in [-0.1, -0.05) is 15.9 Å². The molecule has 0 unspecified atom stereocenters. The molecule has 0 aliphatic rings. The van der Waals surface area contributed by atoms with E-state index in [4.69, 9.17) is 11.0 Å². The molecule has 2 N–H and O–H groups in total. The van der Waals surface area contributed by atoms with E-state index < -0.39 is 0 Å². The number of nitrogens with zero attached hydrogens (tertiary/aromatic N) is 1. The van der Waals surface area contributed by atoms with Gasteiger partial charge in [0.25, 0.3) is 0 Å². The van der Waals surface area contributed by atoms with E-state index in [9.17, 15) is 4.39 Å². The molecule has 1 aromatic heterocycles. The molecule has 16 heavy (non-hydrogen) atoms. The zero-order valence-corrected chi connectivity index (χ0v) is 10.4. The Labute approximate surface area is 104 Å². The summed E-state index contributed by atoms with van der Waals surface area (Å²) < 4.78 is 14.3. The SMILES string of the molecule is N#Cc1sc(-c2ccc(Br)cc2F)cc1N. The Morgan fingerprint density at radius 3 is 2.69 bits per heavy atom. The fourth-order valence-corrected chi connectivity index (χ4v) is 2.55. The highest BCUT2D eigenvalue weighted by Gasteiger charge is 2.11. The van der Waals surface area contributed by atoms with Gasteiger partial charge in [0, 0.05) is 14.9 Å². The van der Waals surface area contributed by atoms with Gasteiger partial charge in [-0.15, -0.1) is 11.3 Å². The van der Waals surface area contributed by atoms with Crippen LogP contribution in [0.1, 0.15) is 4.88 Å². The van der Waals surface area contributed by atoms with Gasteiger partial charge in [0.15, 0.2) is 0 Å². The maximum absolute atomic E-state index is 13.6. The van der Waals surface area contributed by atoms with Crippen LogP contribution in [0.5, 0.6) is 0 Å². The normalized spacial score (nSPS) is 10.1. The van der Waals surface area contributed by atoms with E-state index in [0.29, 0.717) is 25.5 Å². The number of halogens is 2. The van der Waals surface area contributed by atoms with Gasteiger partial charge in [0.05, 0.1) is 5.69 Å². The molecule has 2 rings (SSSR count). The third-order valence-electron chi connectivity index (χ3n) is 2.06. The first-order chi connectivity index (χ1) is 7.61. The Morgan fingerprint density at radius 1 is 1.38 bits per heavy atom. The van der Waals surface area contributed by atoms with Crippen molar-refractivity contribution in [3.8, 4) is 16.5 Å². The minimum Gasteiger partial charge on any atom is -0.397 e. The molecule has 2 aromatic rings. The van der Waals surface area contributed by atoms with Gasteiger partial charge < -0.3 is 5.73 Å². The van der Waals surface area contributed by atoms with Crippen molar-refractivity contribution in [2.75, 3.05) is 5.73 Å². The summed E-state index contributed by atoms with van der Waals surface area (Å²) in [6, 6.07) is 8.39.